The first kappa shape index (κ1) is 15.6. The average Bonchev–Trinajstić information content (AvgIpc) is 3.02. The van der Waals surface area contributed by atoms with Gasteiger partial charge in [0.25, 0.3) is 5.89 Å². The van der Waals surface area contributed by atoms with Crippen LogP contribution >= 0.6 is 11.6 Å². The smallest absolute Gasteiger partial charge is 0.254 e. The zero-order valence-corrected chi connectivity index (χ0v) is 13.7. The van der Waals surface area contributed by atoms with Crippen LogP contribution in [0.3, 0.4) is 0 Å². The Kier molecular flexibility index (Phi) is 4.63. The van der Waals surface area contributed by atoms with Crippen LogP contribution in [0.15, 0.2) is 52.9 Å². The Bertz CT molecular complexity index is 799. The molecule has 0 fully saturated rings. The lowest BCUT2D eigenvalue weighted by molar-refractivity contribution is 0.264. The minimum absolute atomic E-state index is 0.231. The summed E-state index contributed by atoms with van der Waals surface area (Å²) in [4.78, 5) is 0. The third-order valence-corrected chi connectivity index (χ3v) is 3.66. The molecule has 0 spiro atoms. The number of ether oxygens (including phenoxy) is 1. The van der Waals surface area contributed by atoms with E-state index in [-0.39, 0.29) is 6.61 Å². The van der Waals surface area contributed by atoms with Crippen molar-refractivity contribution < 1.29 is 9.15 Å². The van der Waals surface area contributed by atoms with Crippen molar-refractivity contribution in [3.63, 3.8) is 0 Å². The number of rotatable bonds is 5. The van der Waals surface area contributed by atoms with Crippen LogP contribution in [0.1, 0.15) is 31.2 Å². The van der Waals surface area contributed by atoms with E-state index in [1.54, 1.807) is 12.1 Å². The third-order valence-electron chi connectivity index (χ3n) is 3.43. The molecule has 0 amide bonds. The lowest BCUT2D eigenvalue weighted by atomic mass is 10.0. The minimum atomic E-state index is 0.231. The number of hydrogen-bond acceptors (Lipinski definition) is 4. The number of hydrogen-bond donors (Lipinski definition) is 0. The van der Waals surface area contributed by atoms with Crippen LogP contribution in [0.5, 0.6) is 5.75 Å². The minimum Gasteiger partial charge on any atom is -0.484 e. The summed E-state index contributed by atoms with van der Waals surface area (Å²) in [7, 11) is 0. The Balaban J connectivity index is 1.69. The molecule has 0 unspecified atom stereocenters. The second-order valence-electron chi connectivity index (χ2n) is 5.53. The van der Waals surface area contributed by atoms with Gasteiger partial charge in [-0.25, -0.2) is 0 Å². The van der Waals surface area contributed by atoms with Crippen LogP contribution in [-0.4, -0.2) is 10.2 Å². The van der Waals surface area contributed by atoms with Gasteiger partial charge in [-0.2, -0.15) is 0 Å². The van der Waals surface area contributed by atoms with Crippen LogP contribution in [-0.2, 0) is 6.61 Å². The Hall–Kier alpha value is -2.33. The highest BCUT2D eigenvalue weighted by Crippen LogP contribution is 2.23. The van der Waals surface area contributed by atoms with Gasteiger partial charge in [-0.05, 0) is 41.8 Å². The van der Waals surface area contributed by atoms with E-state index in [9.17, 15) is 0 Å². The molecule has 5 heteroatoms. The molecule has 3 aromatic rings. The molecule has 1 aromatic heterocycles. The molecule has 4 nitrogen and oxygen atoms in total. The molecule has 0 atom stereocenters. The predicted molar refractivity (Wildman–Crippen MR) is 89.6 cm³/mol. The molecule has 0 aliphatic rings. The summed E-state index contributed by atoms with van der Waals surface area (Å²) >= 11 is 5.97. The van der Waals surface area contributed by atoms with E-state index in [0.717, 1.165) is 11.3 Å². The summed E-state index contributed by atoms with van der Waals surface area (Å²) in [5.74, 6) is 2.10. The molecule has 2 aromatic carbocycles. The van der Waals surface area contributed by atoms with Crippen molar-refractivity contribution in [3.8, 4) is 17.2 Å². The molecule has 0 aliphatic heterocycles. The number of benzene rings is 2. The Labute approximate surface area is 140 Å². The lowest BCUT2D eigenvalue weighted by Gasteiger charge is -2.08. The Morgan fingerprint density at radius 1 is 1.09 bits per heavy atom. The van der Waals surface area contributed by atoms with Crippen LogP contribution in [0.25, 0.3) is 11.5 Å². The van der Waals surface area contributed by atoms with Gasteiger partial charge in [0.1, 0.15) is 5.75 Å². The van der Waals surface area contributed by atoms with Gasteiger partial charge >= 0.3 is 0 Å². The van der Waals surface area contributed by atoms with Crippen LogP contribution in [0.4, 0.5) is 0 Å². The van der Waals surface area contributed by atoms with Crippen LogP contribution < -0.4 is 4.74 Å². The SMILES string of the molecule is CC(C)c1cccc(OCc2nnc(-c3cccc(Cl)c3)o2)c1. The molecular formula is C18H17ClN2O2. The fourth-order valence-electron chi connectivity index (χ4n) is 2.16. The Morgan fingerprint density at radius 3 is 2.70 bits per heavy atom. The molecule has 118 valence electrons. The fraction of sp³-hybridized carbons (Fsp3) is 0.222. The van der Waals surface area contributed by atoms with Gasteiger partial charge in [-0.1, -0.05) is 43.6 Å². The molecular weight excluding hydrogens is 312 g/mol. The van der Waals surface area contributed by atoms with Crippen molar-refractivity contribution in [2.75, 3.05) is 0 Å². The molecule has 0 bridgehead atoms. The van der Waals surface area contributed by atoms with Crippen LogP contribution in [0, 0.1) is 0 Å². The van der Waals surface area contributed by atoms with Crippen molar-refractivity contribution in [1.29, 1.82) is 0 Å². The average molecular weight is 329 g/mol. The highest BCUT2D eigenvalue weighted by molar-refractivity contribution is 6.30. The maximum absolute atomic E-state index is 5.97. The fourth-order valence-corrected chi connectivity index (χ4v) is 2.35. The quantitative estimate of drug-likeness (QED) is 0.654. The van der Waals surface area contributed by atoms with Gasteiger partial charge in [0.15, 0.2) is 6.61 Å². The summed E-state index contributed by atoms with van der Waals surface area (Å²) in [5.41, 5.74) is 2.02. The van der Waals surface area contributed by atoms with E-state index < -0.39 is 0 Å². The number of aromatic nitrogens is 2. The number of nitrogens with zero attached hydrogens (tertiary/aromatic N) is 2. The first-order valence-electron chi connectivity index (χ1n) is 7.43. The van der Waals surface area contributed by atoms with Crippen molar-refractivity contribution in [1.82, 2.24) is 10.2 Å². The van der Waals surface area contributed by atoms with Gasteiger partial charge in [-0.3, -0.25) is 0 Å². The van der Waals surface area contributed by atoms with Crippen LogP contribution in [0.2, 0.25) is 5.02 Å². The molecule has 0 saturated heterocycles. The highest BCUT2D eigenvalue weighted by Gasteiger charge is 2.10. The number of halogens is 1. The largest absolute Gasteiger partial charge is 0.484 e. The van der Waals surface area contributed by atoms with E-state index in [0.29, 0.717) is 22.7 Å². The molecule has 0 radical (unpaired) electrons. The summed E-state index contributed by atoms with van der Waals surface area (Å²) < 4.78 is 11.4. The summed E-state index contributed by atoms with van der Waals surface area (Å²) in [6.07, 6.45) is 0. The van der Waals surface area contributed by atoms with E-state index in [4.69, 9.17) is 20.8 Å². The maximum Gasteiger partial charge on any atom is 0.254 e. The molecule has 3 rings (SSSR count). The van der Waals surface area contributed by atoms with Gasteiger partial charge in [0.05, 0.1) is 0 Å². The third kappa shape index (κ3) is 3.90. The van der Waals surface area contributed by atoms with E-state index in [2.05, 4.69) is 30.1 Å². The maximum atomic E-state index is 5.97. The molecule has 0 aliphatic carbocycles. The molecule has 23 heavy (non-hydrogen) atoms. The highest BCUT2D eigenvalue weighted by atomic mass is 35.5. The monoisotopic (exact) mass is 328 g/mol. The topological polar surface area (TPSA) is 48.2 Å². The van der Waals surface area contributed by atoms with Crippen molar-refractivity contribution in [2.24, 2.45) is 0 Å². The van der Waals surface area contributed by atoms with E-state index in [1.165, 1.54) is 5.56 Å². The standard InChI is InChI=1S/C18H17ClN2O2/c1-12(2)13-5-4-8-16(10-13)22-11-17-20-21-18(23-17)14-6-3-7-15(19)9-14/h3-10,12H,11H2,1-2H3. The van der Waals surface area contributed by atoms with Crippen molar-refractivity contribution >= 4 is 11.6 Å². The zero-order chi connectivity index (χ0) is 16.2. The van der Waals surface area contributed by atoms with E-state index in [1.807, 2.05) is 30.3 Å². The second kappa shape index (κ2) is 6.84. The molecule has 1 heterocycles. The van der Waals surface area contributed by atoms with Gasteiger partial charge in [0, 0.05) is 10.6 Å². The normalized spacial score (nSPS) is 11.0. The van der Waals surface area contributed by atoms with Crippen molar-refractivity contribution in [3.05, 3.63) is 65.0 Å². The zero-order valence-electron chi connectivity index (χ0n) is 13.0. The lowest BCUT2D eigenvalue weighted by Crippen LogP contribution is -1.97. The van der Waals surface area contributed by atoms with E-state index >= 15 is 0 Å². The summed E-state index contributed by atoms with van der Waals surface area (Å²) in [6.45, 7) is 4.53. The summed E-state index contributed by atoms with van der Waals surface area (Å²) in [5, 5.41) is 8.67. The predicted octanol–water partition coefficient (Wildman–Crippen LogP) is 5.09. The van der Waals surface area contributed by atoms with Gasteiger partial charge in [-0.15, -0.1) is 10.2 Å². The first-order chi connectivity index (χ1) is 11.1. The van der Waals surface area contributed by atoms with Gasteiger partial charge in [0.2, 0.25) is 5.89 Å². The van der Waals surface area contributed by atoms with Gasteiger partial charge < -0.3 is 9.15 Å². The Morgan fingerprint density at radius 2 is 1.91 bits per heavy atom. The molecule has 0 saturated carbocycles. The summed E-state index contributed by atoms with van der Waals surface area (Å²) in [6, 6.07) is 15.3. The molecule has 0 N–H and O–H groups in total. The second-order valence-corrected chi connectivity index (χ2v) is 5.96. The van der Waals surface area contributed by atoms with Crippen molar-refractivity contribution in [2.45, 2.75) is 26.4 Å². The first-order valence-corrected chi connectivity index (χ1v) is 7.80.